The predicted molar refractivity (Wildman–Crippen MR) is 117 cm³/mol. The summed E-state index contributed by atoms with van der Waals surface area (Å²) in [5.74, 6) is -0.665. The van der Waals surface area contributed by atoms with E-state index in [0.717, 1.165) is 0 Å². The van der Waals surface area contributed by atoms with Gasteiger partial charge in [0.15, 0.2) is 6.10 Å². The molecule has 1 saturated heterocycles. The molecule has 1 aliphatic heterocycles. The Hall–Kier alpha value is -2.95. The van der Waals surface area contributed by atoms with Crippen LogP contribution in [0, 0.1) is 6.92 Å². The van der Waals surface area contributed by atoms with Gasteiger partial charge in [-0.1, -0.05) is 6.07 Å². The van der Waals surface area contributed by atoms with Crippen molar-refractivity contribution in [2.24, 2.45) is 0 Å². The molecule has 0 saturated carbocycles. The summed E-state index contributed by atoms with van der Waals surface area (Å²) in [6, 6.07) is 11.0. The molecule has 9 nitrogen and oxygen atoms in total. The van der Waals surface area contributed by atoms with Gasteiger partial charge in [0.05, 0.1) is 30.8 Å². The Labute approximate surface area is 187 Å². The number of nitrogens with zero attached hydrogens (tertiary/aromatic N) is 1. The summed E-state index contributed by atoms with van der Waals surface area (Å²) >= 11 is 0. The summed E-state index contributed by atoms with van der Waals surface area (Å²) in [4.78, 5) is 25.0. The fourth-order valence-electron chi connectivity index (χ4n) is 3.13. The van der Waals surface area contributed by atoms with Gasteiger partial charge in [-0.05, 0) is 55.8 Å². The van der Waals surface area contributed by atoms with E-state index in [1.807, 2.05) is 0 Å². The first-order valence-corrected chi connectivity index (χ1v) is 11.5. The molecule has 172 valence electrons. The number of benzene rings is 2. The van der Waals surface area contributed by atoms with Crippen LogP contribution >= 0.6 is 0 Å². The van der Waals surface area contributed by atoms with Gasteiger partial charge in [0, 0.05) is 18.8 Å². The summed E-state index contributed by atoms with van der Waals surface area (Å²) < 4.78 is 42.9. The lowest BCUT2D eigenvalue weighted by molar-refractivity contribution is -0.123. The van der Waals surface area contributed by atoms with Crippen molar-refractivity contribution in [1.29, 1.82) is 0 Å². The van der Waals surface area contributed by atoms with E-state index in [9.17, 15) is 18.0 Å². The quantitative estimate of drug-likeness (QED) is 0.628. The minimum Gasteiger partial charge on any atom is -0.497 e. The zero-order chi connectivity index (χ0) is 23.3. The summed E-state index contributed by atoms with van der Waals surface area (Å²) in [5, 5.41) is 2.65. The van der Waals surface area contributed by atoms with Crippen LogP contribution in [0.1, 0.15) is 22.8 Å². The molecule has 2 aromatic rings. The third-order valence-electron chi connectivity index (χ3n) is 5.02. The molecule has 0 aromatic heterocycles. The second kappa shape index (κ2) is 10.1. The molecule has 10 heteroatoms. The summed E-state index contributed by atoms with van der Waals surface area (Å²) in [6.45, 7) is 4.24. The molecule has 1 fully saturated rings. The average Bonchev–Trinajstić information content (AvgIpc) is 2.80. The van der Waals surface area contributed by atoms with Crippen LogP contribution < -0.4 is 10.1 Å². The van der Waals surface area contributed by atoms with Gasteiger partial charge < -0.3 is 19.5 Å². The van der Waals surface area contributed by atoms with Crippen molar-refractivity contribution in [1.82, 2.24) is 4.31 Å². The van der Waals surface area contributed by atoms with Crippen LogP contribution in [0.25, 0.3) is 0 Å². The van der Waals surface area contributed by atoms with Crippen LogP contribution in [-0.4, -0.2) is 64.1 Å². The van der Waals surface area contributed by atoms with Gasteiger partial charge in [0.25, 0.3) is 5.91 Å². The Morgan fingerprint density at radius 2 is 1.75 bits per heavy atom. The van der Waals surface area contributed by atoms with Crippen molar-refractivity contribution < 1.29 is 32.2 Å². The van der Waals surface area contributed by atoms with Gasteiger partial charge in [0.1, 0.15) is 5.75 Å². The fraction of sp³-hybridized carbons (Fsp3) is 0.364. The SMILES string of the molecule is COc1ccc(NC(=O)C(C)OC(=O)c2ccc(C)c(S(=O)(=O)N3CCOCC3)c2)cc1. The second-order valence-corrected chi connectivity index (χ2v) is 9.17. The van der Waals surface area contributed by atoms with Gasteiger partial charge >= 0.3 is 5.97 Å². The van der Waals surface area contributed by atoms with Gasteiger partial charge in [-0.3, -0.25) is 4.79 Å². The number of hydrogen-bond acceptors (Lipinski definition) is 7. The monoisotopic (exact) mass is 462 g/mol. The van der Waals surface area contributed by atoms with Gasteiger partial charge in [-0.2, -0.15) is 4.31 Å². The van der Waals surface area contributed by atoms with E-state index in [0.29, 0.717) is 30.2 Å². The normalized spacial score (nSPS) is 15.6. The van der Waals surface area contributed by atoms with Gasteiger partial charge in [0.2, 0.25) is 10.0 Å². The van der Waals surface area contributed by atoms with Crippen LogP contribution in [0.3, 0.4) is 0 Å². The molecule has 32 heavy (non-hydrogen) atoms. The molecule has 1 aliphatic rings. The number of morpholine rings is 1. The number of rotatable bonds is 7. The van der Waals surface area contributed by atoms with E-state index in [4.69, 9.17) is 14.2 Å². The van der Waals surface area contributed by atoms with Crippen LogP contribution in [0.2, 0.25) is 0 Å². The number of hydrogen-bond donors (Lipinski definition) is 1. The second-order valence-electron chi connectivity index (χ2n) is 7.26. The van der Waals surface area contributed by atoms with E-state index in [2.05, 4.69) is 5.32 Å². The lowest BCUT2D eigenvalue weighted by Gasteiger charge is -2.26. The highest BCUT2D eigenvalue weighted by atomic mass is 32.2. The molecule has 1 heterocycles. The van der Waals surface area contributed by atoms with E-state index < -0.39 is 28.0 Å². The molecule has 0 aliphatic carbocycles. The Morgan fingerprint density at radius 3 is 2.38 bits per heavy atom. The van der Waals surface area contributed by atoms with Crippen molar-refractivity contribution in [3.8, 4) is 5.75 Å². The highest BCUT2D eigenvalue weighted by Gasteiger charge is 2.29. The fourth-order valence-corrected chi connectivity index (χ4v) is 4.79. The Balaban J connectivity index is 1.70. The number of anilines is 1. The van der Waals surface area contributed by atoms with Crippen LogP contribution in [-0.2, 0) is 24.3 Å². The number of ether oxygens (including phenoxy) is 3. The Bertz CT molecular complexity index is 1080. The molecule has 1 unspecified atom stereocenters. The van der Waals surface area contributed by atoms with Gasteiger partial charge in [-0.25, -0.2) is 13.2 Å². The molecular weight excluding hydrogens is 436 g/mol. The first-order chi connectivity index (χ1) is 15.2. The molecule has 1 amide bonds. The number of nitrogens with one attached hydrogen (secondary N) is 1. The molecule has 3 rings (SSSR count). The summed E-state index contributed by atoms with van der Waals surface area (Å²) in [7, 11) is -2.24. The predicted octanol–water partition coefficient (Wildman–Crippen LogP) is 2.21. The average molecular weight is 463 g/mol. The standard InChI is InChI=1S/C22H26N2O7S/c1-15-4-5-17(14-20(15)32(27,28)24-10-12-30-13-11-24)22(26)31-16(2)21(25)23-18-6-8-19(29-3)9-7-18/h4-9,14,16H,10-13H2,1-3H3,(H,23,25). The van der Waals surface area contributed by atoms with E-state index in [-0.39, 0.29) is 23.5 Å². The summed E-state index contributed by atoms with van der Waals surface area (Å²) in [5.41, 5.74) is 1.08. The molecule has 0 radical (unpaired) electrons. The van der Waals surface area contributed by atoms with Gasteiger partial charge in [-0.15, -0.1) is 0 Å². The maximum Gasteiger partial charge on any atom is 0.338 e. The molecule has 2 aromatic carbocycles. The largest absolute Gasteiger partial charge is 0.497 e. The number of aryl methyl sites for hydroxylation is 1. The van der Waals surface area contributed by atoms with Crippen LogP contribution in [0.4, 0.5) is 5.69 Å². The zero-order valence-electron chi connectivity index (χ0n) is 18.2. The number of amides is 1. The highest BCUT2D eigenvalue weighted by molar-refractivity contribution is 7.89. The lowest BCUT2D eigenvalue weighted by Crippen LogP contribution is -2.40. The maximum atomic E-state index is 13.0. The maximum absolute atomic E-state index is 13.0. The van der Waals surface area contributed by atoms with Crippen LogP contribution in [0.5, 0.6) is 5.75 Å². The van der Waals surface area contributed by atoms with E-state index in [1.54, 1.807) is 37.3 Å². The molecule has 0 spiro atoms. The van der Waals surface area contributed by atoms with Crippen molar-refractivity contribution in [3.05, 3.63) is 53.6 Å². The number of esters is 1. The lowest BCUT2D eigenvalue weighted by atomic mass is 10.1. The van der Waals surface area contributed by atoms with Crippen molar-refractivity contribution in [3.63, 3.8) is 0 Å². The van der Waals surface area contributed by atoms with Crippen LogP contribution in [0.15, 0.2) is 47.4 Å². The molecule has 0 bridgehead atoms. The zero-order valence-corrected chi connectivity index (χ0v) is 19.0. The van der Waals surface area contributed by atoms with Crippen molar-refractivity contribution in [2.75, 3.05) is 38.7 Å². The number of sulfonamides is 1. The van der Waals surface area contributed by atoms with E-state index >= 15 is 0 Å². The topological polar surface area (TPSA) is 111 Å². The van der Waals surface area contributed by atoms with Crippen molar-refractivity contribution >= 4 is 27.6 Å². The Kier molecular flexibility index (Phi) is 7.49. The number of carbonyl (C=O) groups is 2. The number of carbonyl (C=O) groups excluding carboxylic acids is 2. The molecular formula is C22H26N2O7S. The first-order valence-electron chi connectivity index (χ1n) is 10.1. The van der Waals surface area contributed by atoms with E-state index in [1.165, 1.54) is 30.5 Å². The first kappa shape index (κ1) is 23.7. The third-order valence-corrected chi connectivity index (χ3v) is 7.06. The minimum atomic E-state index is -3.78. The minimum absolute atomic E-state index is 0.0317. The molecule has 1 atom stereocenters. The number of methoxy groups -OCH3 is 1. The highest BCUT2D eigenvalue weighted by Crippen LogP contribution is 2.23. The van der Waals surface area contributed by atoms with Crippen molar-refractivity contribution in [2.45, 2.75) is 24.8 Å². The third kappa shape index (κ3) is 5.45. The Morgan fingerprint density at radius 1 is 1.09 bits per heavy atom. The summed E-state index contributed by atoms with van der Waals surface area (Å²) in [6.07, 6.45) is -1.09. The molecule has 1 N–H and O–H groups in total. The smallest absolute Gasteiger partial charge is 0.338 e.